The van der Waals surface area contributed by atoms with Gasteiger partial charge in [0, 0.05) is 13.6 Å². The molecule has 0 radical (unpaired) electrons. The monoisotopic (exact) mass is 260 g/mol. The Morgan fingerprint density at radius 1 is 1.56 bits per heavy atom. The molecule has 1 aromatic carbocycles. The Morgan fingerprint density at radius 3 is 2.88 bits per heavy atom. The Hall–Kier alpha value is -0.780. The summed E-state index contributed by atoms with van der Waals surface area (Å²) in [6.07, 6.45) is 0. The summed E-state index contributed by atoms with van der Waals surface area (Å²) >= 11 is 6.04. The fourth-order valence-corrected chi connectivity index (χ4v) is 4.20. The van der Waals surface area contributed by atoms with Crippen molar-refractivity contribution in [2.45, 2.75) is 10.9 Å². The molecule has 1 aromatic rings. The maximum atomic E-state index is 12.0. The maximum absolute atomic E-state index is 12.0. The second-order valence-electron chi connectivity index (χ2n) is 3.87. The first-order chi connectivity index (χ1) is 7.47. The van der Waals surface area contributed by atoms with Crippen LogP contribution >= 0.6 is 11.6 Å². The molecular formula is C10H13ClN2O2S. The highest BCUT2D eigenvalue weighted by atomic mass is 35.5. The lowest BCUT2D eigenvalue weighted by Crippen LogP contribution is -2.46. The first-order valence-corrected chi connectivity index (χ1v) is 6.94. The normalized spacial score (nSPS) is 22.9. The van der Waals surface area contributed by atoms with E-state index >= 15 is 0 Å². The van der Waals surface area contributed by atoms with Gasteiger partial charge in [-0.2, -0.15) is 0 Å². The molecule has 0 aliphatic carbocycles. The Morgan fingerprint density at radius 2 is 2.25 bits per heavy atom. The summed E-state index contributed by atoms with van der Waals surface area (Å²) in [5, 5.41) is 0.446. The van der Waals surface area contributed by atoms with Gasteiger partial charge in [-0.25, -0.2) is 8.42 Å². The topological polar surface area (TPSA) is 63.4 Å². The molecule has 1 unspecified atom stereocenters. The van der Waals surface area contributed by atoms with Gasteiger partial charge in [0.25, 0.3) is 0 Å². The molecule has 0 saturated carbocycles. The number of halogens is 1. The van der Waals surface area contributed by atoms with Crippen LogP contribution in [0.3, 0.4) is 0 Å². The van der Waals surface area contributed by atoms with E-state index in [-0.39, 0.29) is 11.8 Å². The van der Waals surface area contributed by atoms with Crippen molar-refractivity contribution < 1.29 is 8.42 Å². The molecule has 2 N–H and O–H groups in total. The van der Waals surface area contributed by atoms with Crippen LogP contribution in [0.15, 0.2) is 23.1 Å². The third kappa shape index (κ3) is 1.69. The molecule has 0 aromatic heterocycles. The SMILES string of the molecule is CN1c2c(Cl)cccc2S(=O)(=O)CC1CN. The second kappa shape index (κ2) is 3.91. The van der Waals surface area contributed by atoms with Crippen molar-refractivity contribution in [3.8, 4) is 0 Å². The average molecular weight is 261 g/mol. The van der Waals surface area contributed by atoms with E-state index in [1.807, 2.05) is 11.9 Å². The third-order valence-electron chi connectivity index (χ3n) is 2.87. The summed E-state index contributed by atoms with van der Waals surface area (Å²) in [5.41, 5.74) is 6.13. The van der Waals surface area contributed by atoms with E-state index in [4.69, 9.17) is 17.3 Å². The van der Waals surface area contributed by atoms with Gasteiger partial charge in [-0.3, -0.25) is 0 Å². The van der Waals surface area contributed by atoms with Crippen molar-refractivity contribution in [2.75, 3.05) is 24.2 Å². The number of hydrogen-bond acceptors (Lipinski definition) is 4. The maximum Gasteiger partial charge on any atom is 0.182 e. The fourth-order valence-electron chi connectivity index (χ4n) is 1.95. The molecule has 0 amide bonds. The number of anilines is 1. The average Bonchev–Trinajstić information content (AvgIpc) is 2.23. The molecule has 0 bridgehead atoms. The molecule has 1 aliphatic heterocycles. The summed E-state index contributed by atoms with van der Waals surface area (Å²) in [6.45, 7) is 0.292. The number of hydrogen-bond donors (Lipinski definition) is 1. The summed E-state index contributed by atoms with van der Waals surface area (Å²) in [7, 11) is -1.45. The van der Waals surface area contributed by atoms with Gasteiger partial charge in [0.2, 0.25) is 0 Å². The van der Waals surface area contributed by atoms with E-state index in [9.17, 15) is 8.42 Å². The van der Waals surface area contributed by atoms with Crippen LogP contribution < -0.4 is 10.6 Å². The molecule has 0 spiro atoms. The Labute approximate surface area is 99.9 Å². The molecule has 0 saturated heterocycles. The van der Waals surface area contributed by atoms with Gasteiger partial charge in [-0.05, 0) is 12.1 Å². The molecular weight excluding hydrogens is 248 g/mol. The third-order valence-corrected chi connectivity index (χ3v) is 5.00. The van der Waals surface area contributed by atoms with Crippen LogP contribution in [0.25, 0.3) is 0 Å². The summed E-state index contributed by atoms with van der Waals surface area (Å²) < 4.78 is 24.0. The van der Waals surface area contributed by atoms with E-state index < -0.39 is 9.84 Å². The van der Waals surface area contributed by atoms with Crippen molar-refractivity contribution in [2.24, 2.45) is 5.73 Å². The largest absolute Gasteiger partial charge is 0.367 e. The minimum Gasteiger partial charge on any atom is -0.367 e. The standard InChI is InChI=1S/C10H13ClN2O2S/c1-13-7(5-12)6-16(14,15)9-4-2-3-8(11)10(9)13/h2-4,7H,5-6,12H2,1H3. The number of fused-ring (bicyclic) bond motifs is 1. The zero-order valence-corrected chi connectivity index (χ0v) is 10.4. The molecule has 1 heterocycles. The Bertz CT molecular complexity index is 516. The van der Waals surface area contributed by atoms with E-state index in [0.717, 1.165) is 0 Å². The highest BCUT2D eigenvalue weighted by Crippen LogP contribution is 2.37. The van der Waals surface area contributed by atoms with Gasteiger partial charge < -0.3 is 10.6 Å². The molecule has 0 fully saturated rings. The number of rotatable bonds is 1. The summed E-state index contributed by atoms with van der Waals surface area (Å²) in [6, 6.07) is 4.71. The lowest BCUT2D eigenvalue weighted by atomic mass is 10.2. The molecule has 1 atom stereocenters. The first kappa shape index (κ1) is 11.7. The quantitative estimate of drug-likeness (QED) is 0.815. The lowest BCUT2D eigenvalue weighted by molar-refractivity contribution is 0.573. The van der Waals surface area contributed by atoms with Crippen LogP contribution in [0.5, 0.6) is 0 Å². The number of nitrogens with zero attached hydrogens (tertiary/aromatic N) is 1. The van der Waals surface area contributed by atoms with Gasteiger partial charge in [-0.1, -0.05) is 17.7 Å². The predicted molar refractivity (Wildman–Crippen MR) is 64.8 cm³/mol. The van der Waals surface area contributed by atoms with Crippen LogP contribution in [-0.2, 0) is 9.84 Å². The minimum atomic E-state index is -3.26. The zero-order chi connectivity index (χ0) is 11.9. The predicted octanol–water partition coefficient (Wildman–Crippen LogP) is 0.891. The highest BCUT2D eigenvalue weighted by Gasteiger charge is 2.34. The van der Waals surface area contributed by atoms with Gasteiger partial charge in [0.1, 0.15) is 0 Å². The van der Waals surface area contributed by atoms with Crippen LogP contribution in [0.1, 0.15) is 0 Å². The van der Waals surface area contributed by atoms with Crippen molar-refractivity contribution in [3.05, 3.63) is 23.2 Å². The molecule has 16 heavy (non-hydrogen) atoms. The van der Waals surface area contributed by atoms with E-state index in [1.165, 1.54) is 0 Å². The smallest absolute Gasteiger partial charge is 0.182 e. The first-order valence-electron chi connectivity index (χ1n) is 4.91. The van der Waals surface area contributed by atoms with Crippen molar-refractivity contribution >= 4 is 27.1 Å². The van der Waals surface area contributed by atoms with Crippen LogP contribution in [0.4, 0.5) is 5.69 Å². The summed E-state index contributed by atoms with van der Waals surface area (Å²) in [5.74, 6) is 0.0490. The molecule has 6 heteroatoms. The van der Waals surface area contributed by atoms with Crippen molar-refractivity contribution in [1.82, 2.24) is 0 Å². The summed E-state index contributed by atoms with van der Waals surface area (Å²) in [4.78, 5) is 2.14. The second-order valence-corrected chi connectivity index (χ2v) is 6.28. The van der Waals surface area contributed by atoms with Crippen LogP contribution in [0.2, 0.25) is 5.02 Å². The van der Waals surface area contributed by atoms with Gasteiger partial charge in [0.15, 0.2) is 9.84 Å². The minimum absolute atomic E-state index is 0.0490. The fraction of sp³-hybridized carbons (Fsp3) is 0.400. The number of para-hydroxylation sites is 1. The molecule has 4 nitrogen and oxygen atoms in total. The van der Waals surface area contributed by atoms with Crippen LogP contribution in [0, 0.1) is 0 Å². The molecule has 1 aliphatic rings. The number of sulfone groups is 1. The molecule has 88 valence electrons. The number of nitrogens with two attached hydrogens (primary N) is 1. The van der Waals surface area contributed by atoms with Gasteiger partial charge >= 0.3 is 0 Å². The zero-order valence-electron chi connectivity index (χ0n) is 8.85. The van der Waals surface area contributed by atoms with Crippen LogP contribution in [-0.4, -0.2) is 33.8 Å². The van der Waals surface area contributed by atoms with Gasteiger partial charge in [-0.15, -0.1) is 0 Å². The Balaban J connectivity index is 2.68. The van der Waals surface area contributed by atoms with Crippen molar-refractivity contribution in [1.29, 1.82) is 0 Å². The van der Waals surface area contributed by atoms with Crippen molar-refractivity contribution in [3.63, 3.8) is 0 Å². The lowest BCUT2D eigenvalue weighted by Gasteiger charge is -2.35. The highest BCUT2D eigenvalue weighted by molar-refractivity contribution is 7.91. The molecule has 2 rings (SSSR count). The number of benzene rings is 1. The van der Waals surface area contributed by atoms with E-state index in [0.29, 0.717) is 22.2 Å². The van der Waals surface area contributed by atoms with E-state index in [2.05, 4.69) is 0 Å². The van der Waals surface area contributed by atoms with Gasteiger partial charge in [0.05, 0.1) is 27.4 Å². The van der Waals surface area contributed by atoms with E-state index in [1.54, 1.807) is 18.2 Å². The number of likely N-dealkylation sites (N-methyl/N-ethyl adjacent to an activating group) is 1. The Kier molecular flexibility index (Phi) is 2.86.